The molecule has 0 aliphatic rings. The Morgan fingerprint density at radius 3 is 1.78 bits per heavy atom. The van der Waals surface area contributed by atoms with Crippen LogP contribution < -0.4 is 11.1 Å². The van der Waals surface area contributed by atoms with Gasteiger partial charge in [-0.1, -0.05) is 41.5 Å². The third-order valence-corrected chi connectivity index (χ3v) is 2.86. The molecule has 1 unspecified atom stereocenters. The maximum Gasteiger partial charge on any atom is 0.405 e. The predicted molar refractivity (Wildman–Crippen MR) is 71.0 cm³/mol. The van der Waals surface area contributed by atoms with Crippen LogP contribution in [0.4, 0.5) is 4.79 Å². The van der Waals surface area contributed by atoms with Gasteiger partial charge in [-0.25, -0.2) is 4.79 Å². The summed E-state index contributed by atoms with van der Waals surface area (Å²) in [6.07, 6.45) is -0.538. The monoisotopic (exact) mass is 258 g/mol. The smallest absolute Gasteiger partial charge is 0.405 e. The number of likely N-dealkylation sites (N-methyl/N-ethyl adjacent to an activating group) is 1. The van der Waals surface area contributed by atoms with E-state index >= 15 is 0 Å². The summed E-state index contributed by atoms with van der Waals surface area (Å²) in [4.78, 5) is 23.4. The minimum atomic E-state index is -1.27. The number of carbonyl (C=O) groups excluding carboxylic acids is 2. The molecule has 106 valence electrons. The first kappa shape index (κ1) is 16.7. The molecule has 0 fully saturated rings. The van der Waals surface area contributed by atoms with Crippen LogP contribution in [0.5, 0.6) is 0 Å². The number of nitrogens with two attached hydrogens (primary N) is 1. The van der Waals surface area contributed by atoms with E-state index in [1.807, 2.05) is 41.5 Å². The molecule has 0 aliphatic heterocycles. The summed E-state index contributed by atoms with van der Waals surface area (Å²) in [6, 6.07) is 0. The molecule has 0 saturated carbocycles. The number of amides is 2. The average Bonchev–Trinajstić information content (AvgIpc) is 2.10. The lowest BCUT2D eigenvalue weighted by Gasteiger charge is -2.44. The van der Waals surface area contributed by atoms with Crippen LogP contribution in [0.2, 0.25) is 0 Å². The molecular weight excluding hydrogens is 232 g/mol. The number of nitrogens with one attached hydrogen (secondary N) is 1. The highest BCUT2D eigenvalue weighted by molar-refractivity contribution is 5.88. The van der Waals surface area contributed by atoms with E-state index in [2.05, 4.69) is 5.32 Å². The predicted octanol–water partition coefficient (Wildman–Crippen LogP) is 2.05. The summed E-state index contributed by atoms with van der Waals surface area (Å²) in [7, 11) is 1.52. The van der Waals surface area contributed by atoms with Crippen molar-refractivity contribution < 1.29 is 14.3 Å². The summed E-state index contributed by atoms with van der Waals surface area (Å²) in [5.74, 6) is -0.330. The van der Waals surface area contributed by atoms with E-state index in [9.17, 15) is 9.59 Å². The fraction of sp³-hybridized carbons (Fsp3) is 0.846. The topological polar surface area (TPSA) is 81.4 Å². The van der Waals surface area contributed by atoms with Gasteiger partial charge in [0.1, 0.15) is 0 Å². The second-order valence-electron chi connectivity index (χ2n) is 6.81. The molecule has 0 rings (SSSR count). The van der Waals surface area contributed by atoms with E-state index in [1.54, 1.807) is 0 Å². The summed E-state index contributed by atoms with van der Waals surface area (Å²) in [5.41, 5.74) is 3.13. The van der Waals surface area contributed by atoms with Gasteiger partial charge < -0.3 is 15.8 Å². The van der Waals surface area contributed by atoms with Gasteiger partial charge in [0.15, 0.2) is 5.60 Å². The van der Waals surface area contributed by atoms with Crippen LogP contribution in [0, 0.1) is 10.8 Å². The number of hydrogen-bond donors (Lipinski definition) is 2. The highest BCUT2D eigenvalue weighted by Crippen LogP contribution is 2.42. The van der Waals surface area contributed by atoms with E-state index in [-0.39, 0.29) is 11.3 Å². The molecule has 18 heavy (non-hydrogen) atoms. The zero-order valence-corrected chi connectivity index (χ0v) is 12.5. The molecular formula is C13H26N2O3. The number of primary amides is 1. The average molecular weight is 258 g/mol. The molecule has 0 aromatic carbocycles. The van der Waals surface area contributed by atoms with Gasteiger partial charge >= 0.3 is 6.09 Å². The maximum absolute atomic E-state index is 12.2. The molecule has 2 amide bonds. The van der Waals surface area contributed by atoms with Crippen molar-refractivity contribution in [2.24, 2.45) is 16.6 Å². The SMILES string of the molecule is CNC(=O)C(CC(C)(C)C)(OC(N)=O)C(C)(C)C. The molecule has 5 nitrogen and oxygen atoms in total. The molecule has 0 heterocycles. The lowest BCUT2D eigenvalue weighted by molar-refractivity contribution is -0.157. The third kappa shape index (κ3) is 3.89. The molecule has 5 heteroatoms. The number of rotatable bonds is 3. The van der Waals surface area contributed by atoms with Crippen molar-refractivity contribution in [3.8, 4) is 0 Å². The Kier molecular flexibility index (Phi) is 4.80. The molecule has 0 aromatic rings. The second kappa shape index (κ2) is 5.16. The Hall–Kier alpha value is -1.26. The minimum absolute atomic E-state index is 0.185. The molecule has 1 atom stereocenters. The van der Waals surface area contributed by atoms with Crippen LogP contribution in [-0.4, -0.2) is 24.6 Å². The van der Waals surface area contributed by atoms with Gasteiger partial charge in [-0.2, -0.15) is 0 Å². The van der Waals surface area contributed by atoms with Crippen molar-refractivity contribution in [2.75, 3.05) is 7.05 Å². The Morgan fingerprint density at radius 2 is 1.56 bits per heavy atom. The normalized spacial score (nSPS) is 15.7. The van der Waals surface area contributed by atoms with Crippen LogP contribution >= 0.6 is 0 Å². The van der Waals surface area contributed by atoms with Crippen LogP contribution in [-0.2, 0) is 9.53 Å². The van der Waals surface area contributed by atoms with Gasteiger partial charge in [0.25, 0.3) is 5.91 Å². The highest BCUT2D eigenvalue weighted by atomic mass is 16.6. The van der Waals surface area contributed by atoms with Crippen LogP contribution in [0.1, 0.15) is 48.0 Å². The van der Waals surface area contributed by atoms with Crippen LogP contribution in [0.3, 0.4) is 0 Å². The Bertz CT molecular complexity index is 326. The summed E-state index contributed by atoms with van der Waals surface area (Å²) in [6.45, 7) is 11.5. The summed E-state index contributed by atoms with van der Waals surface area (Å²) >= 11 is 0. The molecule has 0 spiro atoms. The number of carbonyl (C=O) groups is 2. The Balaban J connectivity index is 5.71. The van der Waals surface area contributed by atoms with Gasteiger partial charge in [0.2, 0.25) is 0 Å². The van der Waals surface area contributed by atoms with Gasteiger partial charge in [0.05, 0.1) is 0 Å². The fourth-order valence-corrected chi connectivity index (χ4v) is 2.04. The molecule has 0 aromatic heterocycles. The number of hydrogen-bond acceptors (Lipinski definition) is 3. The van der Waals surface area contributed by atoms with E-state index in [0.717, 1.165) is 0 Å². The number of ether oxygens (including phenoxy) is 1. The standard InChI is InChI=1S/C13H26N2O3/c1-11(2,3)8-13(9(16)15-7,12(4,5)6)18-10(14)17/h8H2,1-7H3,(H2,14,17)(H,15,16). The van der Waals surface area contributed by atoms with E-state index in [0.29, 0.717) is 6.42 Å². The quantitative estimate of drug-likeness (QED) is 0.812. The van der Waals surface area contributed by atoms with E-state index < -0.39 is 17.1 Å². The van der Waals surface area contributed by atoms with E-state index in [4.69, 9.17) is 10.5 Å². The molecule has 0 aliphatic carbocycles. The van der Waals surface area contributed by atoms with Gasteiger partial charge in [-0.15, -0.1) is 0 Å². The molecule has 0 saturated heterocycles. The van der Waals surface area contributed by atoms with Crippen molar-refractivity contribution in [2.45, 2.75) is 53.6 Å². The van der Waals surface area contributed by atoms with E-state index in [1.165, 1.54) is 7.05 Å². The highest BCUT2D eigenvalue weighted by Gasteiger charge is 2.53. The first-order valence-corrected chi connectivity index (χ1v) is 6.06. The first-order valence-electron chi connectivity index (χ1n) is 6.06. The Labute approximate surface area is 109 Å². The second-order valence-corrected chi connectivity index (χ2v) is 6.81. The van der Waals surface area contributed by atoms with Crippen molar-refractivity contribution in [1.29, 1.82) is 0 Å². The summed E-state index contributed by atoms with van der Waals surface area (Å²) < 4.78 is 5.26. The zero-order chi connectivity index (χ0) is 14.8. The fourth-order valence-electron chi connectivity index (χ4n) is 2.04. The third-order valence-electron chi connectivity index (χ3n) is 2.86. The minimum Gasteiger partial charge on any atom is -0.432 e. The maximum atomic E-state index is 12.2. The zero-order valence-electron chi connectivity index (χ0n) is 12.5. The first-order chi connectivity index (χ1) is 7.85. The van der Waals surface area contributed by atoms with Crippen molar-refractivity contribution >= 4 is 12.0 Å². The van der Waals surface area contributed by atoms with Crippen molar-refractivity contribution in [3.05, 3.63) is 0 Å². The molecule has 3 N–H and O–H groups in total. The van der Waals surface area contributed by atoms with Gasteiger partial charge in [0, 0.05) is 18.9 Å². The molecule has 0 radical (unpaired) electrons. The van der Waals surface area contributed by atoms with Crippen LogP contribution in [0.15, 0.2) is 0 Å². The lowest BCUT2D eigenvalue weighted by atomic mass is 9.67. The van der Waals surface area contributed by atoms with Crippen LogP contribution in [0.25, 0.3) is 0 Å². The van der Waals surface area contributed by atoms with Gasteiger partial charge in [-0.05, 0) is 5.41 Å². The van der Waals surface area contributed by atoms with Gasteiger partial charge in [-0.3, -0.25) is 4.79 Å². The Morgan fingerprint density at radius 1 is 1.11 bits per heavy atom. The largest absolute Gasteiger partial charge is 0.432 e. The summed E-state index contributed by atoms with van der Waals surface area (Å²) in [5, 5.41) is 2.57. The van der Waals surface area contributed by atoms with Crippen molar-refractivity contribution in [3.63, 3.8) is 0 Å². The lowest BCUT2D eigenvalue weighted by Crippen LogP contribution is -2.59. The molecule has 0 bridgehead atoms. The van der Waals surface area contributed by atoms with Crippen molar-refractivity contribution in [1.82, 2.24) is 5.32 Å².